The number of rotatable bonds is 7. The molecule has 1 amide bonds. The predicted molar refractivity (Wildman–Crippen MR) is 120 cm³/mol. The number of hydrogen-bond donors (Lipinski definition) is 3. The molecule has 31 heavy (non-hydrogen) atoms. The number of nitrogens with zero attached hydrogens (tertiary/aromatic N) is 1. The maximum atomic E-state index is 13.0. The van der Waals surface area contributed by atoms with Crippen molar-refractivity contribution in [3.63, 3.8) is 0 Å². The number of nitrogens with one attached hydrogen (secondary N) is 3. The van der Waals surface area contributed by atoms with Gasteiger partial charge in [0.05, 0.1) is 11.2 Å². The van der Waals surface area contributed by atoms with Crippen LogP contribution in [0.5, 0.6) is 0 Å². The van der Waals surface area contributed by atoms with Crippen LogP contribution in [0, 0.1) is 5.92 Å². The van der Waals surface area contributed by atoms with E-state index in [1.54, 1.807) is 30.3 Å². The van der Waals surface area contributed by atoms with E-state index in [1.165, 1.54) is 18.2 Å². The quantitative estimate of drug-likeness (QED) is 0.577. The van der Waals surface area contributed by atoms with Crippen LogP contribution < -0.4 is 14.8 Å². The minimum Gasteiger partial charge on any atom is -0.324 e. The van der Waals surface area contributed by atoms with Crippen molar-refractivity contribution in [2.45, 2.75) is 31.2 Å². The highest BCUT2D eigenvalue weighted by molar-refractivity contribution is 7.92. The molecule has 9 nitrogen and oxygen atoms in total. The Morgan fingerprint density at radius 3 is 2.32 bits per heavy atom. The molecule has 2 aromatic carbocycles. The lowest BCUT2D eigenvalue weighted by molar-refractivity contribution is -0.118. The SMILES string of the molecule is CC[C@H](C)[C@H](N=C1NS(=O)(=O)c2ccccc21)C(=O)Nc1ccc(NS(C)(=O)=O)cc1. The van der Waals surface area contributed by atoms with Crippen LogP contribution in [0.3, 0.4) is 0 Å². The highest BCUT2D eigenvalue weighted by Crippen LogP contribution is 2.24. The first-order chi connectivity index (χ1) is 14.5. The minimum absolute atomic E-state index is 0.131. The second-order valence-corrected chi connectivity index (χ2v) is 10.7. The number of sulfonamides is 2. The lowest BCUT2D eigenvalue weighted by Gasteiger charge is -2.19. The van der Waals surface area contributed by atoms with Gasteiger partial charge >= 0.3 is 0 Å². The maximum Gasteiger partial charge on any atom is 0.263 e. The molecule has 0 saturated carbocycles. The monoisotopic (exact) mass is 464 g/mol. The van der Waals surface area contributed by atoms with E-state index < -0.39 is 32.0 Å². The summed E-state index contributed by atoms with van der Waals surface area (Å²) in [6.45, 7) is 3.78. The van der Waals surface area contributed by atoms with Gasteiger partial charge in [-0.05, 0) is 42.3 Å². The zero-order valence-electron chi connectivity index (χ0n) is 17.3. The Hall–Kier alpha value is -2.92. The van der Waals surface area contributed by atoms with Crippen molar-refractivity contribution in [2.75, 3.05) is 16.3 Å². The number of benzene rings is 2. The fraction of sp³-hybridized carbons (Fsp3) is 0.300. The molecule has 3 rings (SSSR count). The third-order valence-corrected chi connectivity index (χ3v) is 6.84. The molecule has 0 unspecified atom stereocenters. The summed E-state index contributed by atoms with van der Waals surface area (Å²) >= 11 is 0. The number of aliphatic imine (C=N–C) groups is 1. The van der Waals surface area contributed by atoms with Gasteiger partial charge in [-0.25, -0.2) is 16.8 Å². The van der Waals surface area contributed by atoms with Crippen LogP contribution in [0.2, 0.25) is 0 Å². The molecule has 0 bridgehead atoms. The van der Waals surface area contributed by atoms with Gasteiger partial charge in [-0.3, -0.25) is 19.2 Å². The summed E-state index contributed by atoms with van der Waals surface area (Å²) < 4.78 is 52.1. The number of carbonyl (C=O) groups excluding carboxylic acids is 1. The number of amides is 1. The maximum absolute atomic E-state index is 13.0. The topological polar surface area (TPSA) is 134 Å². The second kappa shape index (κ2) is 8.67. The Balaban J connectivity index is 1.85. The molecule has 0 radical (unpaired) electrons. The molecule has 166 valence electrons. The van der Waals surface area contributed by atoms with Crippen LogP contribution in [0.4, 0.5) is 11.4 Å². The lowest BCUT2D eigenvalue weighted by atomic mass is 9.98. The Bertz CT molecular complexity index is 1220. The first kappa shape index (κ1) is 22.8. The first-order valence-electron chi connectivity index (χ1n) is 9.59. The van der Waals surface area contributed by atoms with E-state index in [1.807, 2.05) is 13.8 Å². The fourth-order valence-corrected chi connectivity index (χ4v) is 4.89. The summed E-state index contributed by atoms with van der Waals surface area (Å²) in [6.07, 6.45) is 1.70. The molecule has 0 aliphatic carbocycles. The van der Waals surface area contributed by atoms with E-state index in [-0.39, 0.29) is 16.6 Å². The summed E-state index contributed by atoms with van der Waals surface area (Å²) in [5.41, 5.74) is 1.26. The average Bonchev–Trinajstić information content (AvgIpc) is 2.96. The van der Waals surface area contributed by atoms with E-state index in [2.05, 4.69) is 19.8 Å². The zero-order chi connectivity index (χ0) is 22.8. The molecule has 0 spiro atoms. The van der Waals surface area contributed by atoms with Crippen LogP contribution in [0.25, 0.3) is 0 Å². The summed E-state index contributed by atoms with van der Waals surface area (Å²) in [5.74, 6) is -0.408. The average molecular weight is 465 g/mol. The lowest BCUT2D eigenvalue weighted by Crippen LogP contribution is -2.34. The van der Waals surface area contributed by atoms with E-state index in [0.717, 1.165) is 6.26 Å². The fourth-order valence-electron chi connectivity index (χ4n) is 3.09. The molecule has 1 aliphatic rings. The number of hydrogen-bond acceptors (Lipinski definition) is 6. The molecule has 3 N–H and O–H groups in total. The number of fused-ring (bicyclic) bond motifs is 1. The Morgan fingerprint density at radius 2 is 1.71 bits per heavy atom. The van der Waals surface area contributed by atoms with Gasteiger partial charge in [0, 0.05) is 16.9 Å². The molecule has 0 fully saturated rings. The van der Waals surface area contributed by atoms with Crippen LogP contribution in [-0.2, 0) is 24.8 Å². The number of carbonyl (C=O) groups is 1. The molecular formula is C20H24N4O5S2. The van der Waals surface area contributed by atoms with Gasteiger partial charge in [0.15, 0.2) is 0 Å². The molecule has 1 aliphatic heterocycles. The Morgan fingerprint density at radius 1 is 1.10 bits per heavy atom. The van der Waals surface area contributed by atoms with Crippen molar-refractivity contribution in [3.05, 3.63) is 54.1 Å². The number of amidine groups is 1. The predicted octanol–water partition coefficient (Wildman–Crippen LogP) is 2.15. The minimum atomic E-state index is -3.71. The van der Waals surface area contributed by atoms with Gasteiger partial charge in [0.2, 0.25) is 15.9 Å². The molecule has 1 heterocycles. The molecule has 0 saturated heterocycles. The normalized spacial score (nSPS) is 18.0. The van der Waals surface area contributed by atoms with Gasteiger partial charge in [0.1, 0.15) is 11.9 Å². The Kier molecular flexibility index (Phi) is 6.37. The van der Waals surface area contributed by atoms with E-state index in [4.69, 9.17) is 0 Å². The second-order valence-electron chi connectivity index (χ2n) is 7.35. The third-order valence-electron chi connectivity index (χ3n) is 4.84. The van der Waals surface area contributed by atoms with Crippen molar-refractivity contribution in [1.82, 2.24) is 4.72 Å². The zero-order valence-corrected chi connectivity index (χ0v) is 18.9. The summed E-state index contributed by atoms with van der Waals surface area (Å²) in [4.78, 5) is 17.6. The van der Waals surface area contributed by atoms with Crippen molar-refractivity contribution in [1.29, 1.82) is 0 Å². The molecule has 0 aromatic heterocycles. The van der Waals surface area contributed by atoms with Crippen molar-refractivity contribution < 1.29 is 21.6 Å². The third kappa shape index (κ3) is 5.42. The molecule has 2 aromatic rings. The molecular weight excluding hydrogens is 440 g/mol. The van der Waals surface area contributed by atoms with Crippen LogP contribution >= 0.6 is 0 Å². The first-order valence-corrected chi connectivity index (χ1v) is 13.0. The van der Waals surface area contributed by atoms with E-state index >= 15 is 0 Å². The molecule has 11 heteroatoms. The standard InChI is InChI=1S/C20H24N4O5S2/c1-4-13(2)18(22-19-16-7-5-6-8-17(16)31(28,29)24-19)20(25)21-14-9-11-15(12-10-14)23-30(3,26)27/h5-13,18,23H,4H2,1-3H3,(H,21,25)(H,22,24)/t13-,18-/m0/s1. The largest absolute Gasteiger partial charge is 0.324 e. The summed E-state index contributed by atoms with van der Waals surface area (Å²) in [6, 6.07) is 11.8. The Labute approximate surface area is 182 Å². The van der Waals surface area contributed by atoms with Crippen molar-refractivity contribution in [3.8, 4) is 0 Å². The van der Waals surface area contributed by atoms with Gasteiger partial charge in [-0.1, -0.05) is 32.4 Å². The van der Waals surface area contributed by atoms with Gasteiger partial charge < -0.3 is 5.32 Å². The highest BCUT2D eigenvalue weighted by atomic mass is 32.2. The van der Waals surface area contributed by atoms with Gasteiger partial charge in [0.25, 0.3) is 10.0 Å². The number of anilines is 2. The van der Waals surface area contributed by atoms with Crippen LogP contribution in [-0.4, -0.2) is 40.9 Å². The van der Waals surface area contributed by atoms with Crippen LogP contribution in [0.15, 0.2) is 58.4 Å². The highest BCUT2D eigenvalue weighted by Gasteiger charge is 2.33. The summed E-state index contributed by atoms with van der Waals surface area (Å²) in [5, 5.41) is 2.77. The van der Waals surface area contributed by atoms with E-state index in [0.29, 0.717) is 23.4 Å². The smallest absolute Gasteiger partial charge is 0.263 e. The van der Waals surface area contributed by atoms with Crippen LogP contribution in [0.1, 0.15) is 25.8 Å². The van der Waals surface area contributed by atoms with Gasteiger partial charge in [-0.15, -0.1) is 0 Å². The van der Waals surface area contributed by atoms with Crippen molar-refractivity contribution >= 4 is 43.2 Å². The van der Waals surface area contributed by atoms with E-state index in [9.17, 15) is 21.6 Å². The van der Waals surface area contributed by atoms with Crippen molar-refractivity contribution in [2.24, 2.45) is 10.9 Å². The summed E-state index contributed by atoms with van der Waals surface area (Å²) in [7, 11) is -7.11. The molecule has 2 atom stereocenters. The van der Waals surface area contributed by atoms with Gasteiger partial charge in [-0.2, -0.15) is 0 Å².